The SMILES string of the molecule is CCCOc1ccc(C(=O)N/N=C/c2cc(I)c(OC)c(I)c2)cc1. The number of methoxy groups -OCH3 is 1. The Morgan fingerprint density at radius 3 is 2.40 bits per heavy atom. The first-order chi connectivity index (χ1) is 12.0. The minimum absolute atomic E-state index is 0.267. The van der Waals surface area contributed by atoms with Crippen molar-refractivity contribution in [3.63, 3.8) is 0 Å². The van der Waals surface area contributed by atoms with E-state index in [-0.39, 0.29) is 5.91 Å². The third-order valence-electron chi connectivity index (χ3n) is 3.19. The molecule has 0 unspecified atom stereocenters. The maximum Gasteiger partial charge on any atom is 0.271 e. The number of carbonyl (C=O) groups is 1. The second kappa shape index (κ2) is 9.95. The van der Waals surface area contributed by atoms with Gasteiger partial charge in [-0.05, 0) is 93.6 Å². The van der Waals surface area contributed by atoms with Crippen molar-refractivity contribution in [1.29, 1.82) is 0 Å². The number of ether oxygens (including phenoxy) is 2. The summed E-state index contributed by atoms with van der Waals surface area (Å²) >= 11 is 4.42. The summed E-state index contributed by atoms with van der Waals surface area (Å²) in [4.78, 5) is 12.1. The van der Waals surface area contributed by atoms with Crippen LogP contribution >= 0.6 is 45.2 Å². The van der Waals surface area contributed by atoms with Gasteiger partial charge in [0.25, 0.3) is 5.91 Å². The van der Waals surface area contributed by atoms with E-state index < -0.39 is 0 Å². The number of benzene rings is 2. The number of amides is 1. The van der Waals surface area contributed by atoms with E-state index in [1.165, 1.54) is 0 Å². The number of hydrogen-bond donors (Lipinski definition) is 1. The fraction of sp³-hybridized carbons (Fsp3) is 0.222. The smallest absolute Gasteiger partial charge is 0.271 e. The molecule has 0 aliphatic carbocycles. The topological polar surface area (TPSA) is 59.9 Å². The summed E-state index contributed by atoms with van der Waals surface area (Å²) in [6, 6.07) is 10.9. The fourth-order valence-corrected chi connectivity index (χ4v) is 4.26. The summed E-state index contributed by atoms with van der Waals surface area (Å²) in [6.07, 6.45) is 2.56. The lowest BCUT2D eigenvalue weighted by molar-refractivity contribution is 0.0955. The number of hydrazone groups is 1. The van der Waals surface area contributed by atoms with E-state index in [2.05, 4.69) is 55.7 Å². The van der Waals surface area contributed by atoms with Crippen molar-refractivity contribution in [2.75, 3.05) is 13.7 Å². The molecule has 0 saturated heterocycles. The molecule has 0 radical (unpaired) electrons. The van der Waals surface area contributed by atoms with Gasteiger partial charge in [-0.1, -0.05) is 6.92 Å². The number of nitrogens with one attached hydrogen (secondary N) is 1. The summed E-state index contributed by atoms with van der Waals surface area (Å²) in [5.41, 5.74) is 3.95. The van der Waals surface area contributed by atoms with Crippen LogP contribution in [0.1, 0.15) is 29.3 Å². The van der Waals surface area contributed by atoms with Crippen molar-refractivity contribution in [2.45, 2.75) is 13.3 Å². The molecule has 1 N–H and O–H groups in total. The Kier molecular flexibility index (Phi) is 7.94. The lowest BCUT2D eigenvalue weighted by Crippen LogP contribution is -2.17. The quantitative estimate of drug-likeness (QED) is 0.307. The van der Waals surface area contributed by atoms with Crippen LogP contribution in [0.5, 0.6) is 11.5 Å². The highest BCUT2D eigenvalue weighted by Gasteiger charge is 2.07. The highest BCUT2D eigenvalue weighted by molar-refractivity contribution is 14.1. The van der Waals surface area contributed by atoms with Crippen LogP contribution in [-0.2, 0) is 0 Å². The monoisotopic (exact) mass is 564 g/mol. The second-order valence-electron chi connectivity index (χ2n) is 5.09. The maximum absolute atomic E-state index is 12.1. The lowest BCUT2D eigenvalue weighted by atomic mass is 10.2. The van der Waals surface area contributed by atoms with Gasteiger partial charge in [0.15, 0.2) is 0 Å². The Morgan fingerprint density at radius 2 is 1.84 bits per heavy atom. The van der Waals surface area contributed by atoms with Crippen molar-refractivity contribution in [1.82, 2.24) is 5.43 Å². The summed E-state index contributed by atoms with van der Waals surface area (Å²) in [7, 11) is 1.65. The minimum Gasteiger partial charge on any atom is -0.495 e. The Hall–Kier alpha value is -1.36. The Morgan fingerprint density at radius 1 is 1.20 bits per heavy atom. The number of rotatable bonds is 7. The van der Waals surface area contributed by atoms with Crippen LogP contribution in [0.25, 0.3) is 0 Å². The first kappa shape index (κ1) is 20.0. The summed E-state index contributed by atoms with van der Waals surface area (Å²) in [6.45, 7) is 2.71. The van der Waals surface area contributed by atoms with Gasteiger partial charge < -0.3 is 9.47 Å². The predicted octanol–water partition coefficient (Wildman–Crippen LogP) is 4.46. The molecule has 132 valence electrons. The number of hydrogen-bond acceptors (Lipinski definition) is 4. The molecule has 5 nitrogen and oxygen atoms in total. The largest absolute Gasteiger partial charge is 0.495 e. The molecule has 25 heavy (non-hydrogen) atoms. The Labute approximate surface area is 174 Å². The fourth-order valence-electron chi connectivity index (χ4n) is 2.00. The Bertz CT molecular complexity index is 738. The van der Waals surface area contributed by atoms with E-state index >= 15 is 0 Å². The van der Waals surface area contributed by atoms with E-state index in [1.807, 2.05) is 19.1 Å². The van der Waals surface area contributed by atoms with Crippen LogP contribution in [0.4, 0.5) is 0 Å². The summed E-state index contributed by atoms with van der Waals surface area (Å²) in [5.74, 6) is 1.33. The molecule has 0 spiro atoms. The van der Waals surface area contributed by atoms with Crippen molar-refractivity contribution >= 4 is 57.3 Å². The second-order valence-corrected chi connectivity index (χ2v) is 7.41. The summed E-state index contributed by atoms with van der Waals surface area (Å²) < 4.78 is 12.8. The molecule has 0 bridgehead atoms. The molecule has 0 aliphatic rings. The van der Waals surface area contributed by atoms with Crippen LogP contribution in [-0.4, -0.2) is 25.8 Å². The van der Waals surface area contributed by atoms with Gasteiger partial charge in [0.05, 0.1) is 27.1 Å². The average Bonchev–Trinajstić information content (AvgIpc) is 2.60. The van der Waals surface area contributed by atoms with Gasteiger partial charge in [-0.25, -0.2) is 5.43 Å². The van der Waals surface area contributed by atoms with E-state index in [4.69, 9.17) is 9.47 Å². The molecular formula is C18H18I2N2O3. The van der Waals surface area contributed by atoms with Crippen LogP contribution < -0.4 is 14.9 Å². The standard InChI is InChI=1S/C18H18I2N2O3/c1-3-8-25-14-6-4-13(5-7-14)18(23)22-21-11-12-9-15(19)17(24-2)16(20)10-12/h4-7,9-11H,3,8H2,1-2H3,(H,22,23)/b21-11+. The maximum atomic E-state index is 12.1. The summed E-state index contributed by atoms with van der Waals surface area (Å²) in [5, 5.41) is 4.02. The molecule has 2 aromatic carbocycles. The lowest BCUT2D eigenvalue weighted by Gasteiger charge is -2.07. The molecule has 1 amide bonds. The zero-order valence-corrected chi connectivity index (χ0v) is 18.2. The first-order valence-electron chi connectivity index (χ1n) is 7.64. The van der Waals surface area contributed by atoms with Crippen LogP contribution in [0.2, 0.25) is 0 Å². The minimum atomic E-state index is -0.267. The normalized spacial score (nSPS) is 10.7. The van der Waals surface area contributed by atoms with E-state index in [9.17, 15) is 4.79 Å². The third kappa shape index (κ3) is 5.84. The van der Waals surface area contributed by atoms with Gasteiger partial charge in [0.1, 0.15) is 11.5 Å². The number of carbonyl (C=O) groups excluding carboxylic acids is 1. The molecule has 0 heterocycles. The zero-order chi connectivity index (χ0) is 18.2. The average molecular weight is 564 g/mol. The molecule has 7 heteroatoms. The predicted molar refractivity (Wildman–Crippen MR) is 116 cm³/mol. The molecule has 0 saturated carbocycles. The van der Waals surface area contributed by atoms with Gasteiger partial charge in [0, 0.05) is 5.56 Å². The van der Waals surface area contributed by atoms with Gasteiger partial charge in [-0.2, -0.15) is 5.10 Å². The van der Waals surface area contributed by atoms with E-state index in [0.29, 0.717) is 12.2 Å². The van der Waals surface area contributed by atoms with Crippen molar-refractivity contribution < 1.29 is 14.3 Å². The van der Waals surface area contributed by atoms with Crippen LogP contribution in [0.3, 0.4) is 0 Å². The zero-order valence-electron chi connectivity index (χ0n) is 13.9. The molecule has 2 rings (SSSR count). The van der Waals surface area contributed by atoms with Crippen molar-refractivity contribution in [3.05, 3.63) is 54.7 Å². The van der Waals surface area contributed by atoms with Gasteiger partial charge >= 0.3 is 0 Å². The molecule has 0 atom stereocenters. The van der Waals surface area contributed by atoms with E-state index in [0.717, 1.165) is 30.6 Å². The number of nitrogens with zero attached hydrogens (tertiary/aromatic N) is 1. The third-order valence-corrected chi connectivity index (χ3v) is 4.80. The number of halogens is 2. The van der Waals surface area contributed by atoms with Crippen LogP contribution in [0.15, 0.2) is 41.5 Å². The van der Waals surface area contributed by atoms with Gasteiger partial charge in [0.2, 0.25) is 0 Å². The van der Waals surface area contributed by atoms with Crippen LogP contribution in [0, 0.1) is 7.14 Å². The van der Waals surface area contributed by atoms with Crippen molar-refractivity contribution in [2.24, 2.45) is 5.10 Å². The highest BCUT2D eigenvalue weighted by Crippen LogP contribution is 2.27. The molecule has 0 aromatic heterocycles. The highest BCUT2D eigenvalue weighted by atomic mass is 127. The van der Waals surface area contributed by atoms with Gasteiger partial charge in [-0.3, -0.25) is 4.79 Å². The van der Waals surface area contributed by atoms with E-state index in [1.54, 1.807) is 37.6 Å². The Balaban J connectivity index is 1.98. The first-order valence-corrected chi connectivity index (χ1v) is 9.80. The molecule has 0 fully saturated rings. The van der Waals surface area contributed by atoms with Crippen molar-refractivity contribution in [3.8, 4) is 11.5 Å². The van der Waals surface area contributed by atoms with Gasteiger partial charge in [-0.15, -0.1) is 0 Å². The molecular weight excluding hydrogens is 546 g/mol. The molecule has 2 aromatic rings. The molecule has 0 aliphatic heterocycles.